The number of fused-ring (bicyclic) bond motifs is 1. The second-order valence-corrected chi connectivity index (χ2v) is 5.31. The average Bonchev–Trinajstić information content (AvgIpc) is 2.65. The first-order valence-corrected chi connectivity index (χ1v) is 6.65. The summed E-state index contributed by atoms with van der Waals surface area (Å²) in [6.07, 6.45) is 4.25. The summed E-state index contributed by atoms with van der Waals surface area (Å²) in [4.78, 5) is 23.0. The van der Waals surface area contributed by atoms with Crippen LogP contribution in [0.1, 0.15) is 46.4 Å². The van der Waals surface area contributed by atoms with E-state index in [1.165, 1.54) is 0 Å². The van der Waals surface area contributed by atoms with Gasteiger partial charge >= 0.3 is 0 Å². The van der Waals surface area contributed by atoms with Gasteiger partial charge in [-0.25, -0.2) is 0 Å². The zero-order chi connectivity index (χ0) is 13.4. The zero-order valence-corrected chi connectivity index (χ0v) is 10.6. The molecule has 2 aliphatic rings. The molecule has 1 aliphatic heterocycles. The maximum absolute atomic E-state index is 11.6. The van der Waals surface area contributed by atoms with Crippen LogP contribution in [0.5, 0.6) is 0 Å². The predicted molar refractivity (Wildman–Crippen MR) is 72.1 cm³/mol. The maximum atomic E-state index is 11.6. The molecule has 0 spiro atoms. The number of amides is 2. The van der Waals surface area contributed by atoms with Gasteiger partial charge in [-0.05, 0) is 43.9 Å². The first kappa shape index (κ1) is 12.2. The molecule has 4 N–H and O–H groups in total. The average molecular weight is 259 g/mol. The summed E-state index contributed by atoms with van der Waals surface area (Å²) in [6, 6.07) is 5.89. The Labute approximate surface area is 111 Å². The summed E-state index contributed by atoms with van der Waals surface area (Å²) < 4.78 is 0. The Hall–Kier alpha value is -1.88. The van der Waals surface area contributed by atoms with Crippen LogP contribution in [0.2, 0.25) is 0 Å². The molecule has 1 aliphatic carbocycles. The molecule has 100 valence electrons. The number of imide groups is 1. The second-order valence-electron chi connectivity index (χ2n) is 5.31. The molecule has 1 saturated carbocycles. The molecule has 3 rings (SSSR count). The van der Waals surface area contributed by atoms with Crippen molar-refractivity contribution >= 4 is 17.5 Å². The van der Waals surface area contributed by atoms with Gasteiger partial charge in [0.2, 0.25) is 0 Å². The second kappa shape index (κ2) is 4.66. The first-order valence-electron chi connectivity index (χ1n) is 6.65. The zero-order valence-electron chi connectivity index (χ0n) is 10.6. The van der Waals surface area contributed by atoms with Gasteiger partial charge in [-0.1, -0.05) is 0 Å². The van der Waals surface area contributed by atoms with Gasteiger partial charge in [-0.3, -0.25) is 14.9 Å². The fraction of sp³-hybridized carbons (Fsp3) is 0.429. The highest BCUT2D eigenvalue weighted by Gasteiger charge is 2.27. The molecule has 5 nitrogen and oxygen atoms in total. The van der Waals surface area contributed by atoms with E-state index in [0.717, 1.165) is 31.4 Å². The molecule has 19 heavy (non-hydrogen) atoms. The van der Waals surface area contributed by atoms with Gasteiger partial charge in [-0.15, -0.1) is 0 Å². The van der Waals surface area contributed by atoms with Crippen LogP contribution in [-0.2, 0) is 0 Å². The van der Waals surface area contributed by atoms with E-state index in [9.17, 15) is 9.59 Å². The van der Waals surface area contributed by atoms with Gasteiger partial charge in [0.1, 0.15) is 0 Å². The third kappa shape index (κ3) is 2.33. The van der Waals surface area contributed by atoms with Gasteiger partial charge in [0.15, 0.2) is 0 Å². The van der Waals surface area contributed by atoms with Crippen LogP contribution < -0.4 is 16.4 Å². The van der Waals surface area contributed by atoms with Gasteiger partial charge in [0, 0.05) is 17.8 Å². The molecule has 2 unspecified atom stereocenters. The molecule has 0 radical (unpaired) electrons. The van der Waals surface area contributed by atoms with Crippen LogP contribution >= 0.6 is 0 Å². The van der Waals surface area contributed by atoms with Crippen molar-refractivity contribution in [2.45, 2.75) is 37.8 Å². The Balaban J connectivity index is 1.78. The predicted octanol–water partition coefficient (Wildman–Crippen LogP) is 1.25. The summed E-state index contributed by atoms with van der Waals surface area (Å²) >= 11 is 0. The molecule has 2 atom stereocenters. The number of carbonyl (C=O) groups excluding carboxylic acids is 2. The molecule has 1 fully saturated rings. The lowest BCUT2D eigenvalue weighted by atomic mass is 9.91. The highest BCUT2D eigenvalue weighted by molar-refractivity contribution is 6.21. The lowest BCUT2D eigenvalue weighted by Gasteiger charge is -2.28. The third-order valence-corrected chi connectivity index (χ3v) is 3.82. The van der Waals surface area contributed by atoms with Crippen molar-refractivity contribution in [3.8, 4) is 0 Å². The van der Waals surface area contributed by atoms with E-state index in [1.807, 2.05) is 6.07 Å². The van der Waals surface area contributed by atoms with Crippen LogP contribution in [0.15, 0.2) is 18.2 Å². The number of hydrogen-bond acceptors (Lipinski definition) is 4. The highest BCUT2D eigenvalue weighted by Crippen LogP contribution is 2.24. The molecular weight excluding hydrogens is 242 g/mol. The van der Waals surface area contributed by atoms with Gasteiger partial charge in [-0.2, -0.15) is 0 Å². The number of rotatable bonds is 2. The normalized spacial score (nSPS) is 25.9. The van der Waals surface area contributed by atoms with Crippen LogP contribution in [0.3, 0.4) is 0 Å². The van der Waals surface area contributed by atoms with E-state index in [2.05, 4.69) is 10.6 Å². The van der Waals surface area contributed by atoms with E-state index in [0.29, 0.717) is 17.2 Å². The fourth-order valence-corrected chi connectivity index (χ4v) is 2.85. The number of nitrogens with one attached hydrogen (secondary N) is 2. The Morgan fingerprint density at radius 2 is 1.95 bits per heavy atom. The van der Waals surface area contributed by atoms with Crippen LogP contribution in [0, 0.1) is 0 Å². The van der Waals surface area contributed by atoms with Crippen molar-refractivity contribution in [3.63, 3.8) is 0 Å². The van der Waals surface area contributed by atoms with Crippen LogP contribution in [0.4, 0.5) is 5.69 Å². The van der Waals surface area contributed by atoms with E-state index >= 15 is 0 Å². The van der Waals surface area contributed by atoms with Crippen molar-refractivity contribution in [3.05, 3.63) is 29.3 Å². The molecule has 1 heterocycles. The van der Waals surface area contributed by atoms with E-state index < -0.39 is 0 Å². The maximum Gasteiger partial charge on any atom is 0.259 e. The summed E-state index contributed by atoms with van der Waals surface area (Å²) in [6.45, 7) is 0. The van der Waals surface area contributed by atoms with E-state index in [4.69, 9.17) is 5.73 Å². The largest absolute Gasteiger partial charge is 0.382 e. The van der Waals surface area contributed by atoms with Crippen molar-refractivity contribution in [1.82, 2.24) is 5.32 Å². The summed E-state index contributed by atoms with van der Waals surface area (Å²) in [5.41, 5.74) is 7.75. The first-order chi connectivity index (χ1) is 9.13. The highest BCUT2D eigenvalue weighted by atomic mass is 16.2. The molecule has 1 aromatic carbocycles. The number of carbonyl (C=O) groups is 2. The van der Waals surface area contributed by atoms with Crippen molar-refractivity contribution in [1.29, 1.82) is 0 Å². The standard InChI is InChI=1S/C14H17N3O2/c15-8-2-1-3-9(6-8)16-10-4-5-11-12(7-10)14(19)17-13(11)18/h4-5,7-9,16H,1-3,6,15H2,(H,17,18,19). The monoisotopic (exact) mass is 259 g/mol. The minimum atomic E-state index is -0.316. The fourth-order valence-electron chi connectivity index (χ4n) is 2.85. The summed E-state index contributed by atoms with van der Waals surface area (Å²) in [5, 5.41) is 5.70. The lowest BCUT2D eigenvalue weighted by Crippen LogP contribution is -2.34. The van der Waals surface area contributed by atoms with Crippen molar-refractivity contribution < 1.29 is 9.59 Å². The molecule has 0 bridgehead atoms. The Kier molecular flexibility index (Phi) is 2.98. The Morgan fingerprint density at radius 1 is 1.16 bits per heavy atom. The third-order valence-electron chi connectivity index (χ3n) is 3.82. The minimum Gasteiger partial charge on any atom is -0.382 e. The minimum absolute atomic E-state index is 0.255. The molecule has 1 aromatic rings. The summed E-state index contributed by atoms with van der Waals surface area (Å²) in [5.74, 6) is -0.629. The van der Waals surface area contributed by atoms with Crippen molar-refractivity contribution in [2.75, 3.05) is 5.32 Å². The molecular formula is C14H17N3O2. The lowest BCUT2D eigenvalue weighted by molar-refractivity contribution is 0.0879. The van der Waals surface area contributed by atoms with Crippen LogP contribution in [-0.4, -0.2) is 23.9 Å². The molecule has 0 saturated heterocycles. The number of anilines is 1. The number of benzene rings is 1. The number of nitrogens with two attached hydrogens (primary N) is 1. The van der Waals surface area contributed by atoms with Crippen molar-refractivity contribution in [2.24, 2.45) is 5.73 Å². The van der Waals surface area contributed by atoms with Gasteiger partial charge in [0.05, 0.1) is 11.1 Å². The number of hydrogen-bond donors (Lipinski definition) is 3. The quantitative estimate of drug-likeness (QED) is 0.698. The molecule has 5 heteroatoms. The molecule has 2 amide bonds. The van der Waals surface area contributed by atoms with Crippen LogP contribution in [0.25, 0.3) is 0 Å². The Bertz CT molecular complexity index is 541. The summed E-state index contributed by atoms with van der Waals surface area (Å²) in [7, 11) is 0. The topological polar surface area (TPSA) is 84.2 Å². The SMILES string of the molecule is NC1CCCC(Nc2ccc3c(c2)C(=O)NC3=O)C1. The smallest absolute Gasteiger partial charge is 0.259 e. The van der Waals surface area contributed by atoms with Gasteiger partial charge in [0.25, 0.3) is 11.8 Å². The van der Waals surface area contributed by atoms with E-state index in [1.54, 1.807) is 12.1 Å². The Morgan fingerprint density at radius 3 is 2.74 bits per heavy atom. The van der Waals surface area contributed by atoms with E-state index in [-0.39, 0.29) is 17.9 Å². The molecule has 0 aromatic heterocycles. The van der Waals surface area contributed by atoms with Gasteiger partial charge < -0.3 is 11.1 Å².